The third-order valence-electron chi connectivity index (χ3n) is 3.72. The van der Waals surface area contributed by atoms with E-state index < -0.39 is 0 Å². The van der Waals surface area contributed by atoms with E-state index in [2.05, 4.69) is 23.5 Å². The Hall–Kier alpha value is 0.270. The van der Waals surface area contributed by atoms with Crippen molar-refractivity contribution in [1.29, 1.82) is 0 Å². The summed E-state index contributed by atoms with van der Waals surface area (Å²) >= 11 is 1.95. The van der Waals surface area contributed by atoms with Crippen LogP contribution in [0.15, 0.2) is 0 Å². The molecule has 0 amide bonds. The fourth-order valence-corrected chi connectivity index (χ4v) is 3.28. The number of piperidine rings is 1. The summed E-state index contributed by atoms with van der Waals surface area (Å²) in [6.07, 6.45) is 7.78. The number of hydrogen-bond donors (Lipinski definition) is 1. The van der Waals surface area contributed by atoms with Crippen LogP contribution in [0.3, 0.4) is 0 Å². The standard InChI is InChI=1S/C11H22N2S/c1-13(5-6-14-2)11-7-9-3-4-10(8-11)12-9/h9-12H,3-8H2,1-2H3. The number of hydrogen-bond acceptors (Lipinski definition) is 3. The molecular formula is C11H22N2S. The molecule has 0 aromatic heterocycles. The molecule has 0 aromatic carbocycles. The first-order chi connectivity index (χ1) is 6.79. The van der Waals surface area contributed by atoms with E-state index in [1.807, 2.05) is 11.8 Å². The molecule has 2 fully saturated rings. The first-order valence-electron chi connectivity index (χ1n) is 5.75. The molecule has 2 aliphatic heterocycles. The van der Waals surface area contributed by atoms with Crippen molar-refractivity contribution in [1.82, 2.24) is 10.2 Å². The molecule has 2 unspecified atom stereocenters. The highest BCUT2D eigenvalue weighted by Gasteiger charge is 2.34. The minimum absolute atomic E-state index is 0.829. The van der Waals surface area contributed by atoms with Crippen LogP contribution < -0.4 is 5.32 Å². The third-order valence-corrected chi connectivity index (χ3v) is 4.31. The maximum atomic E-state index is 3.70. The first-order valence-corrected chi connectivity index (χ1v) is 7.14. The summed E-state index contributed by atoms with van der Waals surface area (Å²) in [5, 5.41) is 3.70. The molecule has 14 heavy (non-hydrogen) atoms. The van der Waals surface area contributed by atoms with Crippen LogP contribution in [0.1, 0.15) is 25.7 Å². The molecule has 0 saturated carbocycles. The topological polar surface area (TPSA) is 15.3 Å². The molecule has 2 nitrogen and oxygen atoms in total. The maximum absolute atomic E-state index is 3.70. The van der Waals surface area contributed by atoms with Crippen LogP contribution in [0.25, 0.3) is 0 Å². The van der Waals surface area contributed by atoms with Crippen LogP contribution in [0.4, 0.5) is 0 Å². The van der Waals surface area contributed by atoms with Crippen LogP contribution >= 0.6 is 11.8 Å². The van der Waals surface area contributed by atoms with Crippen LogP contribution in [0, 0.1) is 0 Å². The van der Waals surface area contributed by atoms with E-state index in [1.54, 1.807) is 0 Å². The molecule has 2 atom stereocenters. The predicted molar refractivity (Wildman–Crippen MR) is 64.0 cm³/mol. The number of nitrogens with one attached hydrogen (secondary N) is 1. The van der Waals surface area contributed by atoms with Crippen molar-refractivity contribution in [3.05, 3.63) is 0 Å². The second-order valence-electron chi connectivity index (χ2n) is 4.74. The average Bonchev–Trinajstić information content (AvgIpc) is 2.54. The van der Waals surface area contributed by atoms with Crippen molar-refractivity contribution < 1.29 is 0 Å². The summed E-state index contributed by atoms with van der Waals surface area (Å²) in [5.74, 6) is 1.27. The van der Waals surface area contributed by atoms with Crippen LogP contribution in [0.5, 0.6) is 0 Å². The second-order valence-corrected chi connectivity index (χ2v) is 5.72. The quantitative estimate of drug-likeness (QED) is 0.764. The zero-order valence-corrected chi connectivity index (χ0v) is 10.1. The molecule has 0 radical (unpaired) electrons. The molecule has 2 heterocycles. The molecule has 0 spiro atoms. The van der Waals surface area contributed by atoms with E-state index in [0.29, 0.717) is 0 Å². The van der Waals surface area contributed by atoms with Gasteiger partial charge in [-0.25, -0.2) is 0 Å². The Morgan fingerprint density at radius 3 is 2.50 bits per heavy atom. The average molecular weight is 214 g/mol. The van der Waals surface area contributed by atoms with Crippen molar-refractivity contribution in [3.8, 4) is 0 Å². The van der Waals surface area contributed by atoms with Gasteiger partial charge >= 0.3 is 0 Å². The van der Waals surface area contributed by atoms with Gasteiger partial charge < -0.3 is 10.2 Å². The Bertz CT molecular complexity index is 174. The summed E-state index contributed by atoms with van der Waals surface area (Å²) in [6, 6.07) is 2.51. The van der Waals surface area contributed by atoms with Crippen molar-refractivity contribution in [2.24, 2.45) is 0 Å². The summed E-state index contributed by atoms with van der Waals surface area (Å²) < 4.78 is 0. The first kappa shape index (κ1) is 10.8. The summed E-state index contributed by atoms with van der Waals surface area (Å²) in [6.45, 7) is 1.26. The molecule has 2 saturated heterocycles. The summed E-state index contributed by atoms with van der Waals surface area (Å²) in [7, 11) is 2.30. The molecule has 3 heteroatoms. The lowest BCUT2D eigenvalue weighted by Gasteiger charge is -2.35. The Morgan fingerprint density at radius 2 is 1.93 bits per heavy atom. The van der Waals surface area contributed by atoms with E-state index in [0.717, 1.165) is 18.1 Å². The zero-order valence-electron chi connectivity index (χ0n) is 9.33. The lowest BCUT2D eigenvalue weighted by atomic mass is 9.99. The van der Waals surface area contributed by atoms with Gasteiger partial charge in [0, 0.05) is 30.4 Å². The summed E-state index contributed by atoms with van der Waals surface area (Å²) in [5.41, 5.74) is 0. The van der Waals surface area contributed by atoms with E-state index in [9.17, 15) is 0 Å². The lowest BCUT2D eigenvalue weighted by Crippen LogP contribution is -2.47. The Morgan fingerprint density at radius 1 is 1.29 bits per heavy atom. The van der Waals surface area contributed by atoms with Gasteiger partial charge in [0.05, 0.1) is 0 Å². The fraction of sp³-hybridized carbons (Fsp3) is 1.00. The van der Waals surface area contributed by atoms with Crippen LogP contribution in [-0.4, -0.2) is 48.6 Å². The summed E-state index contributed by atoms with van der Waals surface area (Å²) in [4.78, 5) is 2.57. The van der Waals surface area contributed by atoms with E-state index in [4.69, 9.17) is 0 Å². The van der Waals surface area contributed by atoms with E-state index >= 15 is 0 Å². The van der Waals surface area contributed by atoms with Gasteiger partial charge in [0.2, 0.25) is 0 Å². The van der Waals surface area contributed by atoms with Gasteiger partial charge in [-0.2, -0.15) is 11.8 Å². The van der Waals surface area contributed by atoms with E-state index in [1.165, 1.54) is 38.0 Å². The Labute approximate surface area is 91.8 Å². The van der Waals surface area contributed by atoms with Gasteiger partial charge in [0.1, 0.15) is 0 Å². The molecule has 2 rings (SSSR count). The molecule has 1 N–H and O–H groups in total. The molecular weight excluding hydrogens is 192 g/mol. The van der Waals surface area contributed by atoms with E-state index in [-0.39, 0.29) is 0 Å². The molecule has 2 bridgehead atoms. The maximum Gasteiger partial charge on any atom is 0.0122 e. The smallest absolute Gasteiger partial charge is 0.0122 e. The number of thioether (sulfide) groups is 1. The molecule has 0 aliphatic carbocycles. The van der Waals surface area contributed by atoms with Gasteiger partial charge in [0.15, 0.2) is 0 Å². The highest BCUT2D eigenvalue weighted by atomic mass is 32.2. The predicted octanol–water partition coefficient (Wildman–Crippen LogP) is 1.56. The fourth-order valence-electron chi connectivity index (χ4n) is 2.80. The number of nitrogens with zero attached hydrogens (tertiary/aromatic N) is 1. The minimum Gasteiger partial charge on any atom is -0.311 e. The van der Waals surface area contributed by atoms with Gasteiger partial charge in [-0.3, -0.25) is 0 Å². The number of fused-ring (bicyclic) bond motifs is 2. The van der Waals surface area contributed by atoms with Crippen LogP contribution in [0.2, 0.25) is 0 Å². The van der Waals surface area contributed by atoms with Gasteiger partial charge in [0.25, 0.3) is 0 Å². The monoisotopic (exact) mass is 214 g/mol. The number of rotatable bonds is 4. The normalized spacial score (nSPS) is 36.6. The molecule has 2 aliphatic rings. The van der Waals surface area contributed by atoms with Crippen molar-refractivity contribution in [3.63, 3.8) is 0 Å². The van der Waals surface area contributed by atoms with Crippen LogP contribution in [-0.2, 0) is 0 Å². The zero-order chi connectivity index (χ0) is 9.97. The third kappa shape index (κ3) is 2.44. The van der Waals surface area contributed by atoms with Crippen molar-refractivity contribution >= 4 is 11.8 Å². The lowest BCUT2D eigenvalue weighted by molar-refractivity contribution is 0.181. The Kier molecular flexibility index (Phi) is 3.74. The van der Waals surface area contributed by atoms with Crippen molar-refractivity contribution in [2.75, 3.05) is 25.6 Å². The van der Waals surface area contributed by atoms with Gasteiger partial charge in [-0.05, 0) is 39.0 Å². The van der Waals surface area contributed by atoms with Gasteiger partial charge in [-0.15, -0.1) is 0 Å². The Balaban J connectivity index is 1.80. The highest BCUT2D eigenvalue weighted by Crippen LogP contribution is 2.29. The van der Waals surface area contributed by atoms with Gasteiger partial charge in [-0.1, -0.05) is 0 Å². The minimum atomic E-state index is 0.829. The largest absolute Gasteiger partial charge is 0.311 e. The molecule has 0 aromatic rings. The SMILES string of the molecule is CSCCN(C)C1CC2CCC(C1)N2. The van der Waals surface area contributed by atoms with Crippen molar-refractivity contribution in [2.45, 2.75) is 43.8 Å². The molecule has 82 valence electrons. The highest BCUT2D eigenvalue weighted by molar-refractivity contribution is 7.98. The second kappa shape index (κ2) is 4.86.